The highest BCUT2D eigenvalue weighted by Crippen LogP contribution is 2.14. The molecule has 0 unspecified atom stereocenters. The Morgan fingerprint density at radius 3 is 2.65 bits per heavy atom. The van der Waals surface area contributed by atoms with Crippen LogP contribution in [0.2, 0.25) is 0 Å². The summed E-state index contributed by atoms with van der Waals surface area (Å²) in [5, 5.41) is 21.9. The SMILES string of the molecule is C[C@@H](C(=O)O)N1OC[C@@H](O)[C@H](NC(=O)Cc2ccccc2)C1=O. The summed E-state index contributed by atoms with van der Waals surface area (Å²) in [6.07, 6.45) is -1.19. The lowest BCUT2D eigenvalue weighted by atomic mass is 10.1. The number of amides is 2. The summed E-state index contributed by atoms with van der Waals surface area (Å²) in [7, 11) is 0. The summed E-state index contributed by atoms with van der Waals surface area (Å²) < 4.78 is 0. The molecule has 1 fully saturated rings. The Hall–Kier alpha value is -2.45. The van der Waals surface area contributed by atoms with Gasteiger partial charge >= 0.3 is 5.97 Å². The van der Waals surface area contributed by atoms with E-state index in [0.717, 1.165) is 5.56 Å². The van der Waals surface area contributed by atoms with Crippen LogP contribution >= 0.6 is 0 Å². The molecule has 0 aliphatic carbocycles. The maximum atomic E-state index is 12.2. The third kappa shape index (κ3) is 4.05. The van der Waals surface area contributed by atoms with Crippen LogP contribution in [-0.4, -0.2) is 57.9 Å². The molecule has 8 nitrogen and oxygen atoms in total. The Balaban J connectivity index is 2.03. The zero-order valence-electron chi connectivity index (χ0n) is 12.5. The zero-order valence-corrected chi connectivity index (χ0v) is 12.5. The second kappa shape index (κ2) is 7.21. The molecule has 0 saturated carbocycles. The molecule has 23 heavy (non-hydrogen) atoms. The molecule has 0 spiro atoms. The van der Waals surface area contributed by atoms with Crippen molar-refractivity contribution in [2.24, 2.45) is 0 Å². The number of nitrogens with zero attached hydrogens (tertiary/aromatic N) is 1. The van der Waals surface area contributed by atoms with E-state index in [1.54, 1.807) is 24.3 Å². The number of nitrogens with one attached hydrogen (secondary N) is 1. The lowest BCUT2D eigenvalue weighted by Crippen LogP contribution is -2.62. The number of aliphatic hydroxyl groups is 1. The molecule has 1 heterocycles. The monoisotopic (exact) mass is 322 g/mol. The summed E-state index contributed by atoms with van der Waals surface area (Å²) in [6.45, 7) is 1.00. The predicted octanol–water partition coefficient (Wildman–Crippen LogP) is -0.678. The molecule has 0 radical (unpaired) electrons. The minimum absolute atomic E-state index is 0.0483. The van der Waals surface area contributed by atoms with Crippen molar-refractivity contribution in [3.63, 3.8) is 0 Å². The van der Waals surface area contributed by atoms with Gasteiger partial charge < -0.3 is 15.5 Å². The molecule has 3 atom stereocenters. The van der Waals surface area contributed by atoms with Gasteiger partial charge in [0.25, 0.3) is 5.91 Å². The van der Waals surface area contributed by atoms with Gasteiger partial charge in [0.1, 0.15) is 18.8 Å². The number of aliphatic carboxylic acids is 1. The molecule has 0 aromatic heterocycles. The van der Waals surface area contributed by atoms with Crippen LogP contribution in [0.1, 0.15) is 12.5 Å². The van der Waals surface area contributed by atoms with Gasteiger partial charge in [0.15, 0.2) is 6.04 Å². The second-order valence-electron chi connectivity index (χ2n) is 5.25. The molecule has 0 bridgehead atoms. The number of rotatable bonds is 5. The van der Waals surface area contributed by atoms with E-state index in [-0.39, 0.29) is 13.0 Å². The van der Waals surface area contributed by atoms with Gasteiger partial charge in [0.2, 0.25) is 5.91 Å². The van der Waals surface area contributed by atoms with E-state index in [1.165, 1.54) is 6.92 Å². The molecule has 1 aromatic carbocycles. The smallest absolute Gasteiger partial charge is 0.328 e. The fraction of sp³-hybridized carbons (Fsp3) is 0.400. The summed E-state index contributed by atoms with van der Waals surface area (Å²) in [5.41, 5.74) is 0.759. The lowest BCUT2D eigenvalue weighted by molar-refractivity contribution is -0.233. The maximum Gasteiger partial charge on any atom is 0.328 e. The van der Waals surface area contributed by atoms with Crippen molar-refractivity contribution in [2.45, 2.75) is 31.5 Å². The number of hydrogen-bond donors (Lipinski definition) is 3. The van der Waals surface area contributed by atoms with Crippen LogP contribution < -0.4 is 5.32 Å². The number of hydrogen-bond acceptors (Lipinski definition) is 5. The zero-order chi connectivity index (χ0) is 17.0. The second-order valence-corrected chi connectivity index (χ2v) is 5.25. The molecule has 2 amide bonds. The maximum absolute atomic E-state index is 12.2. The van der Waals surface area contributed by atoms with Crippen molar-refractivity contribution in [3.05, 3.63) is 35.9 Å². The fourth-order valence-corrected chi connectivity index (χ4v) is 2.18. The van der Waals surface area contributed by atoms with E-state index in [4.69, 9.17) is 9.94 Å². The van der Waals surface area contributed by atoms with Crippen molar-refractivity contribution < 1.29 is 29.4 Å². The van der Waals surface area contributed by atoms with Crippen LogP contribution in [-0.2, 0) is 25.6 Å². The molecule has 2 rings (SSSR count). The Labute approximate surface area is 132 Å². The molecule has 1 aliphatic heterocycles. The van der Waals surface area contributed by atoms with Crippen molar-refractivity contribution in [1.82, 2.24) is 10.4 Å². The van der Waals surface area contributed by atoms with E-state index in [1.807, 2.05) is 6.07 Å². The molecule has 1 saturated heterocycles. The topological polar surface area (TPSA) is 116 Å². The quantitative estimate of drug-likeness (QED) is 0.661. The van der Waals surface area contributed by atoms with Crippen molar-refractivity contribution in [1.29, 1.82) is 0 Å². The lowest BCUT2D eigenvalue weighted by Gasteiger charge is -2.36. The minimum atomic E-state index is -1.25. The molecular weight excluding hydrogens is 304 g/mol. The third-order valence-corrected chi connectivity index (χ3v) is 3.49. The molecule has 124 valence electrons. The highest BCUT2D eigenvalue weighted by Gasteiger charge is 2.41. The normalized spacial score (nSPS) is 22.5. The number of carbonyl (C=O) groups is 3. The van der Waals surface area contributed by atoms with Crippen LogP contribution in [0.3, 0.4) is 0 Å². The summed E-state index contributed by atoms with van der Waals surface area (Å²) in [5.74, 6) is -2.48. The van der Waals surface area contributed by atoms with Crippen LogP contribution in [0.5, 0.6) is 0 Å². The van der Waals surface area contributed by atoms with Crippen LogP contribution in [0.25, 0.3) is 0 Å². The Bertz CT molecular complexity index is 591. The molecule has 8 heteroatoms. The number of benzene rings is 1. The van der Waals surface area contributed by atoms with Gasteiger partial charge in [-0.15, -0.1) is 0 Å². The Morgan fingerprint density at radius 2 is 2.04 bits per heavy atom. The van der Waals surface area contributed by atoms with Gasteiger partial charge in [0, 0.05) is 0 Å². The first-order valence-corrected chi connectivity index (χ1v) is 7.10. The van der Waals surface area contributed by atoms with Crippen LogP contribution in [0.15, 0.2) is 30.3 Å². The van der Waals surface area contributed by atoms with E-state index >= 15 is 0 Å². The number of carboxylic acid groups (broad SMARTS) is 1. The van der Waals surface area contributed by atoms with E-state index in [0.29, 0.717) is 5.06 Å². The number of aliphatic hydroxyl groups excluding tert-OH is 1. The van der Waals surface area contributed by atoms with E-state index in [9.17, 15) is 19.5 Å². The van der Waals surface area contributed by atoms with Gasteiger partial charge in [-0.2, -0.15) is 0 Å². The van der Waals surface area contributed by atoms with Gasteiger partial charge in [0.05, 0.1) is 6.42 Å². The van der Waals surface area contributed by atoms with Crippen molar-refractivity contribution in [3.8, 4) is 0 Å². The van der Waals surface area contributed by atoms with E-state index < -0.39 is 36.0 Å². The average Bonchev–Trinajstić information content (AvgIpc) is 2.52. The first kappa shape index (κ1) is 16.9. The largest absolute Gasteiger partial charge is 0.480 e. The number of hydroxylamine groups is 2. The van der Waals surface area contributed by atoms with Crippen LogP contribution in [0.4, 0.5) is 0 Å². The standard InChI is InChI=1S/C15H18N2O6/c1-9(15(21)22)17-14(20)13(11(18)8-23-17)16-12(19)7-10-5-3-2-4-6-10/h2-6,9,11,13,18H,7-8H2,1H3,(H,16,19)(H,21,22)/t9-,11+,13-/m0/s1. The summed E-state index contributed by atoms with van der Waals surface area (Å²) in [4.78, 5) is 40.2. The van der Waals surface area contributed by atoms with Gasteiger partial charge in [-0.1, -0.05) is 30.3 Å². The Morgan fingerprint density at radius 1 is 1.39 bits per heavy atom. The van der Waals surface area contributed by atoms with Crippen LogP contribution in [0, 0.1) is 0 Å². The molecule has 3 N–H and O–H groups in total. The summed E-state index contributed by atoms with van der Waals surface area (Å²) >= 11 is 0. The third-order valence-electron chi connectivity index (χ3n) is 3.49. The van der Waals surface area contributed by atoms with Gasteiger partial charge in [-0.3, -0.25) is 14.4 Å². The van der Waals surface area contributed by atoms with Crippen molar-refractivity contribution >= 4 is 17.8 Å². The first-order valence-electron chi connectivity index (χ1n) is 7.10. The van der Waals surface area contributed by atoms with Gasteiger partial charge in [-0.25, -0.2) is 9.86 Å². The number of carboxylic acids is 1. The fourth-order valence-electron chi connectivity index (χ4n) is 2.18. The van der Waals surface area contributed by atoms with E-state index in [2.05, 4.69) is 5.32 Å². The summed E-state index contributed by atoms with van der Waals surface area (Å²) in [6, 6.07) is 6.46. The van der Waals surface area contributed by atoms with Gasteiger partial charge in [-0.05, 0) is 12.5 Å². The molecular formula is C15H18N2O6. The molecule has 1 aliphatic rings. The average molecular weight is 322 g/mol. The highest BCUT2D eigenvalue weighted by atomic mass is 16.7. The first-order chi connectivity index (χ1) is 10.9. The Kier molecular flexibility index (Phi) is 5.30. The number of carbonyl (C=O) groups excluding carboxylic acids is 2. The molecule has 1 aromatic rings. The predicted molar refractivity (Wildman–Crippen MR) is 78.0 cm³/mol. The minimum Gasteiger partial charge on any atom is -0.480 e. The van der Waals surface area contributed by atoms with Crippen molar-refractivity contribution in [2.75, 3.05) is 6.61 Å². The highest BCUT2D eigenvalue weighted by molar-refractivity contribution is 5.91.